The second-order valence-electron chi connectivity index (χ2n) is 3.56. The molecule has 0 N–H and O–H groups in total. The van der Waals surface area contributed by atoms with Crippen molar-refractivity contribution >= 4 is 23.5 Å². The van der Waals surface area contributed by atoms with Crippen molar-refractivity contribution in [2.75, 3.05) is 25.6 Å². The standard InChI is InChI=1S/C10H16ClNO3/c1-2-15-10(14)8-4-3-5-12(7-8)9(13)6-11/h8H,2-7H2,1H3/t8-/m1/s1. The van der Waals surface area contributed by atoms with E-state index in [2.05, 4.69) is 0 Å². The van der Waals surface area contributed by atoms with E-state index in [1.807, 2.05) is 0 Å². The average molecular weight is 234 g/mol. The second kappa shape index (κ2) is 5.95. The van der Waals surface area contributed by atoms with Gasteiger partial charge in [0, 0.05) is 13.1 Å². The second-order valence-corrected chi connectivity index (χ2v) is 3.83. The van der Waals surface area contributed by atoms with Crippen LogP contribution in [0, 0.1) is 5.92 Å². The molecule has 0 aromatic carbocycles. The maximum absolute atomic E-state index is 11.5. The molecule has 0 aromatic rings. The summed E-state index contributed by atoms with van der Waals surface area (Å²) in [6, 6.07) is 0. The number of halogens is 1. The summed E-state index contributed by atoms with van der Waals surface area (Å²) in [7, 11) is 0. The number of carbonyl (C=O) groups is 2. The fourth-order valence-electron chi connectivity index (χ4n) is 1.74. The monoisotopic (exact) mass is 233 g/mol. The van der Waals surface area contributed by atoms with E-state index in [0.29, 0.717) is 19.7 Å². The van der Waals surface area contributed by atoms with Crippen LogP contribution in [-0.2, 0) is 14.3 Å². The van der Waals surface area contributed by atoms with Crippen LogP contribution in [0.2, 0.25) is 0 Å². The van der Waals surface area contributed by atoms with Gasteiger partial charge in [-0.1, -0.05) is 0 Å². The maximum Gasteiger partial charge on any atom is 0.310 e. The Morgan fingerprint density at radius 3 is 2.87 bits per heavy atom. The number of alkyl halides is 1. The van der Waals surface area contributed by atoms with Gasteiger partial charge in [-0.05, 0) is 19.8 Å². The molecule has 1 atom stereocenters. The fraction of sp³-hybridized carbons (Fsp3) is 0.800. The zero-order chi connectivity index (χ0) is 11.3. The Kier molecular flexibility index (Phi) is 4.88. The summed E-state index contributed by atoms with van der Waals surface area (Å²) < 4.78 is 4.93. The van der Waals surface area contributed by atoms with Crippen LogP contribution < -0.4 is 0 Å². The topological polar surface area (TPSA) is 46.6 Å². The van der Waals surface area contributed by atoms with Gasteiger partial charge in [0.05, 0.1) is 12.5 Å². The van der Waals surface area contributed by atoms with E-state index in [9.17, 15) is 9.59 Å². The van der Waals surface area contributed by atoms with E-state index in [0.717, 1.165) is 12.8 Å². The summed E-state index contributed by atoms with van der Waals surface area (Å²) in [6.45, 7) is 3.31. The number of likely N-dealkylation sites (tertiary alicyclic amines) is 1. The van der Waals surface area contributed by atoms with Crippen molar-refractivity contribution in [3.05, 3.63) is 0 Å². The summed E-state index contributed by atoms with van der Waals surface area (Å²) in [4.78, 5) is 24.4. The lowest BCUT2D eigenvalue weighted by Gasteiger charge is -2.31. The highest BCUT2D eigenvalue weighted by Crippen LogP contribution is 2.18. The minimum atomic E-state index is -0.204. The van der Waals surface area contributed by atoms with Gasteiger partial charge in [0.25, 0.3) is 0 Å². The van der Waals surface area contributed by atoms with Gasteiger partial charge in [0.15, 0.2) is 0 Å². The average Bonchev–Trinajstić information content (AvgIpc) is 2.28. The number of amides is 1. The molecule has 1 rings (SSSR count). The Morgan fingerprint density at radius 2 is 2.27 bits per heavy atom. The molecule has 0 radical (unpaired) electrons. The van der Waals surface area contributed by atoms with Crippen LogP contribution in [0.5, 0.6) is 0 Å². The summed E-state index contributed by atoms with van der Waals surface area (Å²) >= 11 is 5.47. The largest absolute Gasteiger partial charge is 0.466 e. The first-order valence-electron chi connectivity index (χ1n) is 5.19. The highest BCUT2D eigenvalue weighted by Gasteiger charge is 2.28. The van der Waals surface area contributed by atoms with E-state index in [4.69, 9.17) is 16.3 Å². The number of carbonyl (C=O) groups excluding carboxylic acids is 2. The zero-order valence-corrected chi connectivity index (χ0v) is 9.63. The Morgan fingerprint density at radius 1 is 1.53 bits per heavy atom. The molecule has 0 unspecified atom stereocenters. The summed E-state index contributed by atoms with van der Waals surface area (Å²) in [5.74, 6) is -0.503. The number of rotatable bonds is 3. The van der Waals surface area contributed by atoms with Gasteiger partial charge in [0.2, 0.25) is 5.91 Å². The van der Waals surface area contributed by atoms with Gasteiger partial charge in [-0.3, -0.25) is 9.59 Å². The minimum Gasteiger partial charge on any atom is -0.466 e. The number of piperidine rings is 1. The lowest BCUT2D eigenvalue weighted by Crippen LogP contribution is -2.43. The van der Waals surface area contributed by atoms with Gasteiger partial charge >= 0.3 is 5.97 Å². The molecule has 1 fully saturated rings. The molecule has 1 aliphatic heterocycles. The number of esters is 1. The van der Waals surface area contributed by atoms with Crippen molar-refractivity contribution in [1.82, 2.24) is 4.90 Å². The highest BCUT2D eigenvalue weighted by molar-refractivity contribution is 6.27. The quantitative estimate of drug-likeness (QED) is 0.540. The molecule has 15 heavy (non-hydrogen) atoms. The summed E-state index contributed by atoms with van der Waals surface area (Å²) in [5.41, 5.74) is 0. The molecule has 0 aliphatic carbocycles. The molecule has 4 nitrogen and oxygen atoms in total. The predicted octanol–water partition coefficient (Wildman–Crippen LogP) is 1.03. The van der Waals surface area contributed by atoms with E-state index in [-0.39, 0.29) is 23.7 Å². The molecule has 1 heterocycles. The van der Waals surface area contributed by atoms with Gasteiger partial charge in [0.1, 0.15) is 5.88 Å². The lowest BCUT2D eigenvalue weighted by atomic mass is 9.98. The molecule has 0 aromatic heterocycles. The van der Waals surface area contributed by atoms with Crippen LogP contribution in [0.4, 0.5) is 0 Å². The first-order chi connectivity index (χ1) is 7.19. The molecule has 1 saturated heterocycles. The molecule has 5 heteroatoms. The molecule has 0 spiro atoms. The molecule has 1 amide bonds. The van der Waals surface area contributed by atoms with Crippen LogP contribution in [0.25, 0.3) is 0 Å². The summed E-state index contributed by atoms with van der Waals surface area (Å²) in [6.07, 6.45) is 1.64. The van der Waals surface area contributed by atoms with Crippen molar-refractivity contribution in [3.63, 3.8) is 0 Å². The molecule has 86 valence electrons. The van der Waals surface area contributed by atoms with Gasteiger partial charge in [-0.25, -0.2) is 0 Å². The van der Waals surface area contributed by atoms with Crippen molar-refractivity contribution in [1.29, 1.82) is 0 Å². The number of nitrogens with zero attached hydrogens (tertiary/aromatic N) is 1. The third-order valence-electron chi connectivity index (χ3n) is 2.51. The van der Waals surface area contributed by atoms with Gasteiger partial charge in [-0.2, -0.15) is 0 Å². The van der Waals surface area contributed by atoms with Crippen LogP contribution in [0.1, 0.15) is 19.8 Å². The zero-order valence-electron chi connectivity index (χ0n) is 8.87. The number of hydrogen-bond donors (Lipinski definition) is 0. The SMILES string of the molecule is CCOC(=O)[C@@H]1CCCN(C(=O)CCl)C1. The highest BCUT2D eigenvalue weighted by atomic mass is 35.5. The predicted molar refractivity (Wildman–Crippen MR) is 56.7 cm³/mol. The van der Waals surface area contributed by atoms with E-state index < -0.39 is 0 Å². The third kappa shape index (κ3) is 3.38. The number of ether oxygens (including phenoxy) is 1. The molecular formula is C10H16ClNO3. The van der Waals surface area contributed by atoms with Crippen LogP contribution in [0.3, 0.4) is 0 Å². The first-order valence-corrected chi connectivity index (χ1v) is 5.72. The van der Waals surface area contributed by atoms with Crippen molar-refractivity contribution < 1.29 is 14.3 Å². The molecular weight excluding hydrogens is 218 g/mol. The van der Waals surface area contributed by atoms with Crippen LogP contribution >= 0.6 is 11.6 Å². The van der Waals surface area contributed by atoms with E-state index in [1.54, 1.807) is 11.8 Å². The normalized spacial score (nSPS) is 21.2. The lowest BCUT2D eigenvalue weighted by molar-refractivity contribution is -0.151. The Hall–Kier alpha value is -0.770. The maximum atomic E-state index is 11.5. The van der Waals surface area contributed by atoms with Crippen molar-refractivity contribution in [2.24, 2.45) is 5.92 Å². The Labute approximate surface area is 94.5 Å². The van der Waals surface area contributed by atoms with Crippen molar-refractivity contribution in [2.45, 2.75) is 19.8 Å². The first kappa shape index (κ1) is 12.3. The minimum absolute atomic E-state index is 0.0183. The number of hydrogen-bond acceptors (Lipinski definition) is 3. The summed E-state index contributed by atoms with van der Waals surface area (Å²) in [5, 5.41) is 0. The van der Waals surface area contributed by atoms with Crippen LogP contribution in [0.15, 0.2) is 0 Å². The molecule has 1 aliphatic rings. The smallest absolute Gasteiger partial charge is 0.310 e. The van der Waals surface area contributed by atoms with Gasteiger partial charge in [-0.15, -0.1) is 11.6 Å². The fourth-order valence-corrected chi connectivity index (χ4v) is 1.91. The molecule has 0 saturated carbocycles. The van der Waals surface area contributed by atoms with Crippen molar-refractivity contribution in [3.8, 4) is 0 Å². The van der Waals surface area contributed by atoms with E-state index >= 15 is 0 Å². The van der Waals surface area contributed by atoms with E-state index in [1.165, 1.54) is 0 Å². The Bertz CT molecular complexity index is 245. The van der Waals surface area contributed by atoms with Gasteiger partial charge < -0.3 is 9.64 Å². The van der Waals surface area contributed by atoms with Crippen LogP contribution in [-0.4, -0.2) is 42.4 Å². The third-order valence-corrected chi connectivity index (χ3v) is 2.74. The Balaban J connectivity index is 2.48. The molecule has 0 bridgehead atoms.